The van der Waals surface area contributed by atoms with Crippen LogP contribution in [0.25, 0.3) is 0 Å². The molecule has 114 valence electrons. The molecule has 0 amide bonds. The van der Waals surface area contributed by atoms with E-state index in [-0.39, 0.29) is 0 Å². The van der Waals surface area contributed by atoms with Crippen LogP contribution in [-0.4, -0.2) is 15.4 Å². The number of ether oxygens (including phenoxy) is 1. The Morgan fingerprint density at radius 3 is 1.65 bits per heavy atom. The van der Waals surface area contributed by atoms with Crippen LogP contribution >= 0.6 is 0 Å². The predicted molar refractivity (Wildman–Crippen MR) is 88.8 cm³/mol. The molecule has 20 heavy (non-hydrogen) atoms. The van der Waals surface area contributed by atoms with E-state index in [1.54, 1.807) is 7.11 Å². The molecule has 0 bridgehead atoms. The van der Waals surface area contributed by atoms with Crippen molar-refractivity contribution in [3.05, 3.63) is 29.8 Å². The van der Waals surface area contributed by atoms with Gasteiger partial charge in [0.05, 0.1) is 13.7 Å². The molecule has 2 nitrogen and oxygen atoms in total. The van der Waals surface area contributed by atoms with Crippen molar-refractivity contribution < 1.29 is 9.16 Å². The van der Waals surface area contributed by atoms with E-state index in [0.29, 0.717) is 23.2 Å². The van der Waals surface area contributed by atoms with Gasteiger partial charge in [-0.25, -0.2) is 0 Å². The topological polar surface area (TPSA) is 18.5 Å². The zero-order chi connectivity index (χ0) is 15.3. The monoisotopic (exact) mass is 294 g/mol. The smallest absolute Gasteiger partial charge is 0.200 e. The highest BCUT2D eigenvalue weighted by atomic mass is 28.4. The molecule has 0 aromatic heterocycles. The third-order valence-electron chi connectivity index (χ3n) is 4.35. The van der Waals surface area contributed by atoms with Crippen LogP contribution in [0.5, 0.6) is 5.75 Å². The Hall–Kier alpha value is -0.803. The Labute approximate surface area is 125 Å². The zero-order valence-corrected chi connectivity index (χ0v) is 15.1. The Bertz CT molecular complexity index is 374. The van der Waals surface area contributed by atoms with Gasteiger partial charge in [0.25, 0.3) is 0 Å². The van der Waals surface area contributed by atoms with Crippen LogP contribution in [0.4, 0.5) is 0 Å². The third-order valence-corrected chi connectivity index (χ3v) is 10.4. The average molecular weight is 295 g/mol. The van der Waals surface area contributed by atoms with E-state index in [9.17, 15) is 0 Å². The summed E-state index contributed by atoms with van der Waals surface area (Å²) in [6.07, 6.45) is 0. The van der Waals surface area contributed by atoms with Gasteiger partial charge in [-0.05, 0) is 34.3 Å². The van der Waals surface area contributed by atoms with E-state index in [4.69, 9.17) is 9.16 Å². The van der Waals surface area contributed by atoms with Crippen LogP contribution in [0.2, 0.25) is 16.6 Å². The maximum absolute atomic E-state index is 6.57. The van der Waals surface area contributed by atoms with Gasteiger partial charge in [-0.2, -0.15) is 0 Å². The summed E-state index contributed by atoms with van der Waals surface area (Å²) in [6.45, 7) is 14.6. The van der Waals surface area contributed by atoms with E-state index >= 15 is 0 Å². The van der Waals surface area contributed by atoms with Crippen molar-refractivity contribution in [2.24, 2.45) is 0 Å². The number of methoxy groups -OCH3 is 1. The molecule has 0 aliphatic rings. The minimum atomic E-state index is -1.76. The lowest BCUT2D eigenvalue weighted by atomic mass is 10.2. The van der Waals surface area contributed by atoms with Gasteiger partial charge >= 0.3 is 0 Å². The standard InChI is InChI=1S/C17H30O2Si/c1-13(2)20(14(3)4,15(5)6)19-12-16-8-10-17(18-7)11-9-16/h8-11,13-15H,12H2,1-7H3. The van der Waals surface area contributed by atoms with Gasteiger partial charge in [-0.3, -0.25) is 0 Å². The van der Waals surface area contributed by atoms with Crippen molar-refractivity contribution in [3.63, 3.8) is 0 Å². The molecule has 1 aromatic carbocycles. The second-order valence-electron chi connectivity index (χ2n) is 6.45. The minimum Gasteiger partial charge on any atom is -0.497 e. The van der Waals surface area contributed by atoms with Gasteiger partial charge in [-0.15, -0.1) is 0 Å². The molecule has 0 N–H and O–H groups in total. The molecule has 0 radical (unpaired) electrons. The van der Waals surface area contributed by atoms with Gasteiger partial charge in [-0.1, -0.05) is 53.7 Å². The highest BCUT2D eigenvalue weighted by Crippen LogP contribution is 2.42. The largest absolute Gasteiger partial charge is 0.497 e. The van der Waals surface area contributed by atoms with Crippen molar-refractivity contribution in [2.45, 2.75) is 64.8 Å². The zero-order valence-electron chi connectivity index (χ0n) is 14.1. The number of hydrogen-bond acceptors (Lipinski definition) is 2. The number of rotatable bonds is 7. The lowest BCUT2D eigenvalue weighted by molar-refractivity contribution is 0.266. The van der Waals surface area contributed by atoms with E-state index in [1.807, 2.05) is 12.1 Å². The van der Waals surface area contributed by atoms with E-state index in [0.717, 1.165) is 5.75 Å². The summed E-state index contributed by atoms with van der Waals surface area (Å²) in [4.78, 5) is 0. The van der Waals surface area contributed by atoms with E-state index in [2.05, 4.69) is 53.7 Å². The molecule has 0 heterocycles. The second kappa shape index (κ2) is 7.28. The van der Waals surface area contributed by atoms with Crippen LogP contribution in [-0.2, 0) is 11.0 Å². The van der Waals surface area contributed by atoms with Gasteiger partial charge in [0, 0.05) is 0 Å². The molecule has 0 fully saturated rings. The number of benzene rings is 1. The van der Waals surface area contributed by atoms with Crippen LogP contribution in [0.15, 0.2) is 24.3 Å². The minimum absolute atomic E-state index is 0.626. The van der Waals surface area contributed by atoms with Gasteiger partial charge in [0.1, 0.15) is 5.75 Å². The van der Waals surface area contributed by atoms with Crippen molar-refractivity contribution in [2.75, 3.05) is 7.11 Å². The molecule has 0 aliphatic carbocycles. The molecule has 0 spiro atoms. The van der Waals surface area contributed by atoms with Crippen molar-refractivity contribution >= 4 is 8.32 Å². The lowest BCUT2D eigenvalue weighted by Gasteiger charge is -2.42. The fraction of sp³-hybridized carbons (Fsp3) is 0.647. The number of hydrogen-bond donors (Lipinski definition) is 0. The normalized spacial score (nSPS) is 12.5. The molecule has 0 saturated carbocycles. The first kappa shape index (κ1) is 17.2. The summed E-state index contributed by atoms with van der Waals surface area (Å²) < 4.78 is 11.8. The van der Waals surface area contributed by atoms with Crippen LogP contribution in [0.1, 0.15) is 47.1 Å². The fourth-order valence-corrected chi connectivity index (χ4v) is 8.85. The van der Waals surface area contributed by atoms with Crippen molar-refractivity contribution in [3.8, 4) is 5.75 Å². The summed E-state index contributed by atoms with van der Waals surface area (Å²) in [6, 6.07) is 8.20. The average Bonchev–Trinajstić information content (AvgIpc) is 2.38. The van der Waals surface area contributed by atoms with Gasteiger partial charge < -0.3 is 9.16 Å². The summed E-state index contributed by atoms with van der Waals surface area (Å²) >= 11 is 0. The first-order valence-electron chi connectivity index (χ1n) is 7.61. The highest BCUT2D eigenvalue weighted by Gasteiger charge is 2.44. The molecule has 0 aliphatic heterocycles. The van der Waals surface area contributed by atoms with Crippen molar-refractivity contribution in [1.29, 1.82) is 0 Å². The predicted octanol–water partition coefficient (Wildman–Crippen LogP) is 5.39. The van der Waals surface area contributed by atoms with Gasteiger partial charge in [0.2, 0.25) is 8.32 Å². The maximum Gasteiger partial charge on any atom is 0.200 e. The highest BCUT2D eigenvalue weighted by molar-refractivity contribution is 6.77. The lowest BCUT2D eigenvalue weighted by Crippen LogP contribution is -2.47. The molecule has 0 atom stereocenters. The summed E-state index contributed by atoms with van der Waals surface area (Å²) in [5, 5.41) is 0. The summed E-state index contributed by atoms with van der Waals surface area (Å²) in [5.74, 6) is 0.897. The first-order valence-corrected chi connectivity index (χ1v) is 9.75. The molecule has 1 rings (SSSR count). The maximum atomic E-state index is 6.57. The van der Waals surface area contributed by atoms with Crippen molar-refractivity contribution in [1.82, 2.24) is 0 Å². The molecule has 1 aromatic rings. The fourth-order valence-electron chi connectivity index (χ4n) is 3.43. The Kier molecular flexibility index (Phi) is 6.27. The Morgan fingerprint density at radius 2 is 1.30 bits per heavy atom. The summed E-state index contributed by atoms with van der Waals surface area (Å²) in [7, 11) is -0.0693. The first-order chi connectivity index (χ1) is 9.34. The van der Waals surface area contributed by atoms with E-state index in [1.165, 1.54) is 5.56 Å². The molecule has 0 saturated heterocycles. The Morgan fingerprint density at radius 1 is 0.850 bits per heavy atom. The van der Waals surface area contributed by atoms with Crippen LogP contribution in [0.3, 0.4) is 0 Å². The SMILES string of the molecule is COc1ccc(CO[Si](C(C)C)(C(C)C)C(C)C)cc1. The van der Waals surface area contributed by atoms with Crippen LogP contribution in [0, 0.1) is 0 Å². The quantitative estimate of drug-likeness (QED) is 0.628. The van der Waals surface area contributed by atoms with Crippen LogP contribution < -0.4 is 4.74 Å². The molecule has 3 heteroatoms. The molecule has 0 unspecified atom stereocenters. The molecular formula is C17H30O2Si. The second-order valence-corrected chi connectivity index (χ2v) is 11.9. The van der Waals surface area contributed by atoms with Gasteiger partial charge in [0.15, 0.2) is 0 Å². The Balaban J connectivity index is 2.85. The van der Waals surface area contributed by atoms with E-state index < -0.39 is 8.32 Å². The summed E-state index contributed by atoms with van der Waals surface area (Å²) in [5.41, 5.74) is 3.10. The third kappa shape index (κ3) is 3.64. The molecular weight excluding hydrogens is 264 g/mol.